The minimum Gasteiger partial charge on any atom is -0.487 e. The van der Waals surface area contributed by atoms with E-state index in [-0.39, 0.29) is 30.0 Å². The second-order valence-corrected chi connectivity index (χ2v) is 7.69. The van der Waals surface area contributed by atoms with Crippen LogP contribution in [0.5, 0.6) is 5.75 Å². The zero-order valence-electron chi connectivity index (χ0n) is 15.6. The number of ether oxygens (including phenoxy) is 1. The summed E-state index contributed by atoms with van der Waals surface area (Å²) in [6.45, 7) is 6.02. The Morgan fingerprint density at radius 1 is 1.30 bits per heavy atom. The molecule has 0 spiro atoms. The van der Waals surface area contributed by atoms with Crippen molar-refractivity contribution in [3.8, 4) is 5.75 Å². The second-order valence-electron chi connectivity index (χ2n) is 7.69. The van der Waals surface area contributed by atoms with E-state index in [4.69, 9.17) is 4.74 Å². The lowest BCUT2D eigenvalue weighted by atomic mass is 9.89. The molecule has 1 aromatic heterocycles. The van der Waals surface area contributed by atoms with Gasteiger partial charge >= 0.3 is 0 Å². The molecule has 1 fully saturated rings. The minimum absolute atomic E-state index is 0. The van der Waals surface area contributed by atoms with Gasteiger partial charge in [0, 0.05) is 12.0 Å². The van der Waals surface area contributed by atoms with Crippen LogP contribution in [0.1, 0.15) is 61.2 Å². The summed E-state index contributed by atoms with van der Waals surface area (Å²) in [5.74, 6) is 0.634. The topological polar surface area (TPSA) is 81.1 Å². The van der Waals surface area contributed by atoms with Crippen molar-refractivity contribution in [2.45, 2.75) is 50.8 Å². The van der Waals surface area contributed by atoms with Crippen molar-refractivity contribution < 1.29 is 9.53 Å². The average Bonchev–Trinajstić information content (AvgIpc) is 3.12. The highest BCUT2D eigenvalue weighted by molar-refractivity contribution is 5.92. The molecule has 2 N–H and O–H groups in total. The third kappa shape index (κ3) is 4.25. The molecular weight excluding hydrogens is 366 g/mol. The number of rotatable bonds is 3. The van der Waals surface area contributed by atoms with Crippen molar-refractivity contribution in [1.29, 1.82) is 0 Å². The van der Waals surface area contributed by atoms with E-state index in [2.05, 4.69) is 20.9 Å². The zero-order valence-corrected chi connectivity index (χ0v) is 16.5. The summed E-state index contributed by atoms with van der Waals surface area (Å²) in [5.41, 5.74) is 1.04. The Hall–Kier alpha value is -2.12. The van der Waals surface area contributed by atoms with Crippen molar-refractivity contribution in [3.05, 3.63) is 41.7 Å². The van der Waals surface area contributed by atoms with Crippen LogP contribution in [0.2, 0.25) is 0 Å². The molecule has 1 atom stereocenters. The summed E-state index contributed by atoms with van der Waals surface area (Å²) in [6, 6.07) is 8.07. The summed E-state index contributed by atoms with van der Waals surface area (Å²) in [7, 11) is 0. The number of aromatic nitrogens is 3. The molecule has 8 heteroatoms. The molecule has 1 amide bonds. The average molecular weight is 392 g/mol. The number of piperidine rings is 1. The number of carbonyl (C=O) groups is 1. The number of halogens is 1. The van der Waals surface area contributed by atoms with Crippen molar-refractivity contribution in [2.75, 3.05) is 13.1 Å². The number of amides is 1. The summed E-state index contributed by atoms with van der Waals surface area (Å²) in [5, 5.41) is 14.7. The van der Waals surface area contributed by atoms with Gasteiger partial charge < -0.3 is 15.4 Å². The first kappa shape index (κ1) is 19.6. The van der Waals surface area contributed by atoms with Crippen LogP contribution in [0.4, 0.5) is 0 Å². The number of nitrogens with one attached hydrogen (secondary N) is 2. The Kier molecular flexibility index (Phi) is 5.72. The van der Waals surface area contributed by atoms with Gasteiger partial charge in [-0.05, 0) is 45.8 Å². The molecule has 1 aromatic carbocycles. The number of hydrogen-bond acceptors (Lipinski definition) is 5. The predicted molar refractivity (Wildman–Crippen MR) is 104 cm³/mol. The van der Waals surface area contributed by atoms with Crippen molar-refractivity contribution in [1.82, 2.24) is 25.6 Å². The van der Waals surface area contributed by atoms with Crippen LogP contribution in [-0.2, 0) is 0 Å². The fourth-order valence-electron chi connectivity index (χ4n) is 3.79. The summed E-state index contributed by atoms with van der Waals surface area (Å²) < 4.78 is 7.86. The van der Waals surface area contributed by atoms with Crippen LogP contribution in [0.25, 0.3) is 0 Å². The fourth-order valence-corrected chi connectivity index (χ4v) is 3.79. The lowest BCUT2D eigenvalue weighted by molar-refractivity contribution is 0.0618. The van der Waals surface area contributed by atoms with E-state index < -0.39 is 0 Å². The number of hydrogen-bond donors (Lipinski definition) is 2. The van der Waals surface area contributed by atoms with Crippen LogP contribution in [-0.4, -0.2) is 39.6 Å². The predicted octanol–water partition coefficient (Wildman–Crippen LogP) is 2.66. The van der Waals surface area contributed by atoms with Gasteiger partial charge in [0.05, 0.1) is 18.3 Å². The van der Waals surface area contributed by atoms with E-state index in [1.54, 1.807) is 6.20 Å². The molecule has 2 aliphatic rings. The van der Waals surface area contributed by atoms with E-state index >= 15 is 0 Å². The normalized spacial score (nSPS) is 21.5. The lowest BCUT2D eigenvalue weighted by Crippen LogP contribution is -2.41. The van der Waals surface area contributed by atoms with Gasteiger partial charge in [-0.2, -0.15) is 0 Å². The Labute approximate surface area is 165 Å². The Bertz CT molecular complexity index is 801. The standard InChI is InChI=1S/C19H25N5O2.ClH/c1-19(2)11-15(14-5-3-4-6-17(14)26-19)21-18(25)16-12-24(23-22-16)13-7-9-20-10-8-13;/h3-6,12-13,15,20H,7-11H2,1-2H3,(H,21,25);1H. The Morgan fingerprint density at radius 3 is 2.81 bits per heavy atom. The minimum atomic E-state index is -0.334. The highest BCUT2D eigenvalue weighted by Crippen LogP contribution is 2.39. The quantitative estimate of drug-likeness (QED) is 0.840. The third-order valence-electron chi connectivity index (χ3n) is 5.11. The van der Waals surface area contributed by atoms with Gasteiger partial charge in [0.1, 0.15) is 11.4 Å². The molecule has 2 aromatic rings. The summed E-state index contributed by atoms with van der Waals surface area (Å²) >= 11 is 0. The van der Waals surface area contributed by atoms with Gasteiger partial charge in [0.25, 0.3) is 5.91 Å². The number of carbonyl (C=O) groups excluding carboxylic acids is 1. The molecule has 27 heavy (non-hydrogen) atoms. The van der Waals surface area contributed by atoms with Crippen LogP contribution in [0, 0.1) is 0 Å². The SMILES string of the molecule is CC1(C)CC(NC(=O)c2cn(C3CCNCC3)nn2)c2ccccc2O1.Cl. The first-order valence-corrected chi connectivity index (χ1v) is 9.23. The van der Waals surface area contributed by atoms with Crippen LogP contribution in [0.15, 0.2) is 30.5 Å². The maximum Gasteiger partial charge on any atom is 0.273 e. The molecule has 7 nitrogen and oxygen atoms in total. The van der Waals surface area contributed by atoms with Crippen LogP contribution in [0.3, 0.4) is 0 Å². The molecule has 2 aliphatic heterocycles. The van der Waals surface area contributed by atoms with E-state index in [0.717, 1.165) is 37.2 Å². The van der Waals surface area contributed by atoms with Crippen molar-refractivity contribution in [2.24, 2.45) is 0 Å². The molecule has 1 unspecified atom stereocenters. The van der Waals surface area contributed by atoms with Gasteiger partial charge in [-0.3, -0.25) is 4.79 Å². The highest BCUT2D eigenvalue weighted by atomic mass is 35.5. The molecule has 146 valence electrons. The van der Waals surface area contributed by atoms with E-state index in [1.165, 1.54) is 0 Å². The molecule has 0 saturated carbocycles. The van der Waals surface area contributed by atoms with Gasteiger partial charge in [0.15, 0.2) is 5.69 Å². The lowest BCUT2D eigenvalue weighted by Gasteiger charge is -2.37. The smallest absolute Gasteiger partial charge is 0.273 e. The maximum absolute atomic E-state index is 12.7. The Morgan fingerprint density at radius 2 is 2.04 bits per heavy atom. The molecule has 0 aliphatic carbocycles. The molecule has 4 rings (SSSR count). The largest absolute Gasteiger partial charge is 0.487 e. The van der Waals surface area contributed by atoms with Crippen molar-refractivity contribution >= 4 is 18.3 Å². The van der Waals surface area contributed by atoms with Gasteiger partial charge in [-0.1, -0.05) is 23.4 Å². The maximum atomic E-state index is 12.7. The van der Waals surface area contributed by atoms with E-state index in [9.17, 15) is 4.79 Å². The first-order chi connectivity index (χ1) is 12.5. The molecule has 0 bridgehead atoms. The second kappa shape index (κ2) is 7.86. The molecule has 3 heterocycles. The van der Waals surface area contributed by atoms with E-state index in [0.29, 0.717) is 18.2 Å². The Balaban J connectivity index is 0.00000210. The van der Waals surface area contributed by atoms with Gasteiger partial charge in [-0.25, -0.2) is 4.68 Å². The van der Waals surface area contributed by atoms with Gasteiger partial charge in [-0.15, -0.1) is 17.5 Å². The summed E-state index contributed by atoms with van der Waals surface area (Å²) in [4.78, 5) is 12.7. The van der Waals surface area contributed by atoms with Crippen LogP contribution >= 0.6 is 12.4 Å². The van der Waals surface area contributed by atoms with Gasteiger partial charge in [0.2, 0.25) is 0 Å². The first-order valence-electron chi connectivity index (χ1n) is 9.23. The molecule has 1 saturated heterocycles. The fraction of sp³-hybridized carbons (Fsp3) is 0.526. The molecular formula is C19H26ClN5O2. The van der Waals surface area contributed by atoms with Crippen LogP contribution < -0.4 is 15.4 Å². The number of nitrogens with zero attached hydrogens (tertiary/aromatic N) is 3. The zero-order chi connectivity index (χ0) is 18.1. The number of fused-ring (bicyclic) bond motifs is 1. The monoisotopic (exact) mass is 391 g/mol. The summed E-state index contributed by atoms with van der Waals surface area (Å²) in [6.07, 6.45) is 4.48. The number of para-hydroxylation sites is 1. The number of benzene rings is 1. The molecule has 0 radical (unpaired) electrons. The third-order valence-corrected chi connectivity index (χ3v) is 5.11. The highest BCUT2D eigenvalue weighted by Gasteiger charge is 2.34. The van der Waals surface area contributed by atoms with Crippen molar-refractivity contribution in [3.63, 3.8) is 0 Å². The van der Waals surface area contributed by atoms with E-state index in [1.807, 2.05) is 42.8 Å².